The van der Waals surface area contributed by atoms with Gasteiger partial charge in [-0.25, -0.2) is 0 Å². The van der Waals surface area contributed by atoms with Crippen LogP contribution >= 0.6 is 0 Å². The summed E-state index contributed by atoms with van der Waals surface area (Å²) in [6.45, 7) is 9.22. The molecule has 1 aromatic heterocycles. The van der Waals surface area contributed by atoms with Gasteiger partial charge in [0.1, 0.15) is 0 Å². The first-order valence-electron chi connectivity index (χ1n) is 6.30. The molecule has 2 atom stereocenters. The van der Waals surface area contributed by atoms with E-state index in [9.17, 15) is 5.11 Å². The van der Waals surface area contributed by atoms with E-state index in [0.717, 1.165) is 25.8 Å². The van der Waals surface area contributed by atoms with Gasteiger partial charge in [-0.15, -0.1) is 0 Å². The van der Waals surface area contributed by atoms with Crippen LogP contribution in [0.25, 0.3) is 0 Å². The van der Waals surface area contributed by atoms with E-state index in [0.29, 0.717) is 5.92 Å². The molecule has 92 valence electrons. The third-order valence-electron chi connectivity index (χ3n) is 2.88. The van der Waals surface area contributed by atoms with Crippen molar-refractivity contribution in [3.63, 3.8) is 0 Å². The van der Waals surface area contributed by atoms with Crippen LogP contribution in [0.4, 0.5) is 0 Å². The van der Waals surface area contributed by atoms with Gasteiger partial charge in [0.15, 0.2) is 0 Å². The summed E-state index contributed by atoms with van der Waals surface area (Å²) in [5.41, 5.74) is 2.47. The molecule has 0 radical (unpaired) electrons. The number of aliphatic hydroxyl groups excluding tert-OH is 1. The van der Waals surface area contributed by atoms with Crippen molar-refractivity contribution < 1.29 is 5.11 Å². The second-order valence-electron chi connectivity index (χ2n) is 4.69. The first-order chi connectivity index (χ1) is 7.56. The van der Waals surface area contributed by atoms with Gasteiger partial charge in [-0.2, -0.15) is 5.10 Å². The fourth-order valence-corrected chi connectivity index (χ4v) is 2.15. The lowest BCUT2D eigenvalue weighted by Crippen LogP contribution is -2.12. The lowest BCUT2D eigenvalue weighted by atomic mass is 9.98. The fraction of sp³-hybridized carbons (Fsp3) is 0.769. The topological polar surface area (TPSA) is 38.0 Å². The third kappa shape index (κ3) is 3.63. The number of hydrogen-bond donors (Lipinski definition) is 1. The maximum Gasteiger partial charge on any atom is 0.0624 e. The van der Waals surface area contributed by atoms with Gasteiger partial charge >= 0.3 is 0 Å². The molecule has 0 aliphatic rings. The quantitative estimate of drug-likeness (QED) is 0.806. The zero-order valence-electron chi connectivity index (χ0n) is 10.9. The normalized spacial score (nSPS) is 15.1. The summed E-state index contributed by atoms with van der Waals surface area (Å²) in [7, 11) is 0. The predicted molar refractivity (Wildman–Crippen MR) is 66.4 cm³/mol. The van der Waals surface area contributed by atoms with Gasteiger partial charge in [-0.3, -0.25) is 4.68 Å². The van der Waals surface area contributed by atoms with Crippen LogP contribution in [0.15, 0.2) is 6.07 Å². The maximum absolute atomic E-state index is 9.36. The zero-order chi connectivity index (χ0) is 12.1. The molecule has 0 aliphatic heterocycles. The predicted octanol–water partition coefficient (Wildman–Crippen LogP) is 2.41. The smallest absolute Gasteiger partial charge is 0.0624 e. The molecular formula is C13H24N2O. The summed E-state index contributed by atoms with van der Waals surface area (Å²) in [5.74, 6) is 0.506. The number of hydrogen-bond acceptors (Lipinski definition) is 2. The summed E-state index contributed by atoms with van der Waals surface area (Å²) in [6, 6.07) is 2.20. The van der Waals surface area contributed by atoms with E-state index in [1.807, 2.05) is 6.92 Å². The minimum atomic E-state index is -0.210. The highest BCUT2D eigenvalue weighted by Gasteiger charge is 2.11. The van der Waals surface area contributed by atoms with Crippen LogP contribution in [0, 0.1) is 5.92 Å². The molecule has 2 unspecified atom stereocenters. The number of aromatic nitrogens is 2. The van der Waals surface area contributed by atoms with E-state index >= 15 is 0 Å². The van der Waals surface area contributed by atoms with Crippen molar-refractivity contribution in [2.45, 2.75) is 59.6 Å². The lowest BCUT2D eigenvalue weighted by molar-refractivity contribution is 0.163. The number of aryl methyl sites for hydroxylation is 2. The molecule has 3 heteroatoms. The van der Waals surface area contributed by atoms with Crippen LogP contribution in [0.3, 0.4) is 0 Å². The monoisotopic (exact) mass is 224 g/mol. The van der Waals surface area contributed by atoms with E-state index < -0.39 is 0 Å². The molecule has 1 heterocycles. The molecule has 0 amide bonds. The summed E-state index contributed by atoms with van der Waals surface area (Å²) in [4.78, 5) is 0. The van der Waals surface area contributed by atoms with E-state index in [1.165, 1.54) is 11.4 Å². The lowest BCUT2D eigenvalue weighted by Gasteiger charge is -2.13. The van der Waals surface area contributed by atoms with Crippen molar-refractivity contribution in [1.82, 2.24) is 9.78 Å². The Bertz CT molecular complexity index is 318. The van der Waals surface area contributed by atoms with Crippen molar-refractivity contribution in [2.75, 3.05) is 0 Å². The highest BCUT2D eigenvalue weighted by molar-refractivity contribution is 5.11. The van der Waals surface area contributed by atoms with Crippen LogP contribution < -0.4 is 0 Å². The van der Waals surface area contributed by atoms with Gasteiger partial charge in [-0.1, -0.05) is 13.8 Å². The Morgan fingerprint density at radius 3 is 2.56 bits per heavy atom. The highest BCUT2D eigenvalue weighted by Crippen LogP contribution is 2.15. The Balaban J connectivity index is 2.67. The Morgan fingerprint density at radius 2 is 2.06 bits per heavy atom. The maximum atomic E-state index is 9.36. The van der Waals surface area contributed by atoms with Crippen molar-refractivity contribution in [3.05, 3.63) is 17.5 Å². The molecule has 0 spiro atoms. The minimum Gasteiger partial charge on any atom is -0.393 e. The average Bonchev–Trinajstić information content (AvgIpc) is 2.59. The van der Waals surface area contributed by atoms with Gasteiger partial charge in [0.25, 0.3) is 0 Å². The van der Waals surface area contributed by atoms with Crippen molar-refractivity contribution in [3.8, 4) is 0 Å². The molecule has 0 aromatic carbocycles. The second-order valence-corrected chi connectivity index (χ2v) is 4.69. The molecular weight excluding hydrogens is 200 g/mol. The Hall–Kier alpha value is -0.830. The molecule has 1 N–H and O–H groups in total. The summed E-state index contributed by atoms with van der Waals surface area (Å²) in [5, 5.41) is 13.9. The summed E-state index contributed by atoms with van der Waals surface area (Å²) < 4.78 is 2.08. The fourth-order valence-electron chi connectivity index (χ4n) is 2.15. The van der Waals surface area contributed by atoms with Crippen molar-refractivity contribution >= 4 is 0 Å². The van der Waals surface area contributed by atoms with Crippen LogP contribution in [0.5, 0.6) is 0 Å². The molecule has 0 bridgehead atoms. The molecule has 0 saturated carbocycles. The SMILES string of the molecule is CCc1cc(CC(C)CC(C)O)n(CC)n1. The van der Waals surface area contributed by atoms with Gasteiger partial charge in [0.05, 0.1) is 11.8 Å². The van der Waals surface area contributed by atoms with Crippen LogP contribution in [-0.2, 0) is 19.4 Å². The molecule has 16 heavy (non-hydrogen) atoms. The van der Waals surface area contributed by atoms with E-state index in [1.54, 1.807) is 0 Å². The molecule has 1 rings (SSSR count). The largest absolute Gasteiger partial charge is 0.393 e. The second kappa shape index (κ2) is 6.04. The zero-order valence-corrected chi connectivity index (χ0v) is 10.9. The third-order valence-corrected chi connectivity index (χ3v) is 2.88. The van der Waals surface area contributed by atoms with E-state index in [2.05, 4.69) is 36.6 Å². The van der Waals surface area contributed by atoms with Crippen LogP contribution in [0.2, 0.25) is 0 Å². The van der Waals surface area contributed by atoms with E-state index in [-0.39, 0.29) is 6.10 Å². The van der Waals surface area contributed by atoms with Gasteiger partial charge in [0.2, 0.25) is 0 Å². The molecule has 0 aliphatic carbocycles. The van der Waals surface area contributed by atoms with Crippen molar-refractivity contribution in [1.29, 1.82) is 0 Å². The molecule has 0 fully saturated rings. The Labute approximate surface area is 98.5 Å². The van der Waals surface area contributed by atoms with Crippen LogP contribution in [0.1, 0.15) is 45.5 Å². The van der Waals surface area contributed by atoms with E-state index in [4.69, 9.17) is 0 Å². The first-order valence-corrected chi connectivity index (χ1v) is 6.30. The Kier molecular flexibility index (Phi) is 5.00. The highest BCUT2D eigenvalue weighted by atomic mass is 16.3. The standard InChI is InChI=1S/C13H24N2O/c1-5-12-9-13(15(6-2)14-12)8-10(3)7-11(4)16/h9-11,16H,5-8H2,1-4H3. The average molecular weight is 224 g/mol. The number of nitrogens with zero attached hydrogens (tertiary/aromatic N) is 2. The number of aliphatic hydroxyl groups is 1. The summed E-state index contributed by atoms with van der Waals surface area (Å²) >= 11 is 0. The molecule has 3 nitrogen and oxygen atoms in total. The van der Waals surface area contributed by atoms with Gasteiger partial charge in [0, 0.05) is 12.2 Å². The van der Waals surface area contributed by atoms with Crippen LogP contribution in [-0.4, -0.2) is 21.0 Å². The molecule has 0 saturated heterocycles. The first kappa shape index (κ1) is 13.2. The Morgan fingerprint density at radius 1 is 1.38 bits per heavy atom. The number of rotatable bonds is 6. The van der Waals surface area contributed by atoms with Crippen molar-refractivity contribution in [2.24, 2.45) is 5.92 Å². The van der Waals surface area contributed by atoms with Gasteiger partial charge in [-0.05, 0) is 45.1 Å². The summed E-state index contributed by atoms with van der Waals surface area (Å²) in [6.07, 6.45) is 2.64. The van der Waals surface area contributed by atoms with Gasteiger partial charge < -0.3 is 5.11 Å². The minimum absolute atomic E-state index is 0.210. The molecule has 1 aromatic rings.